The molecule has 1 aromatic heterocycles. The molecule has 0 spiro atoms. The molecule has 1 N–H and O–H groups in total. The van der Waals surface area contributed by atoms with E-state index in [4.69, 9.17) is 23.2 Å². The van der Waals surface area contributed by atoms with Crippen molar-refractivity contribution in [3.8, 4) is 16.3 Å². The van der Waals surface area contributed by atoms with Crippen molar-refractivity contribution >= 4 is 40.4 Å². The molecule has 29 heavy (non-hydrogen) atoms. The molecule has 7 heteroatoms. The van der Waals surface area contributed by atoms with Crippen LogP contribution in [-0.2, 0) is 6.42 Å². The first-order valence-corrected chi connectivity index (χ1v) is 11.1. The smallest absolute Gasteiger partial charge is 0.265 e. The average Bonchev–Trinajstić information content (AvgIpc) is 3.23. The molecular weight excluding hydrogens is 427 g/mol. The van der Waals surface area contributed by atoms with Crippen molar-refractivity contribution < 1.29 is 9.90 Å². The van der Waals surface area contributed by atoms with Gasteiger partial charge in [-0.05, 0) is 42.9 Å². The third kappa shape index (κ3) is 4.58. The molecule has 0 unspecified atom stereocenters. The Morgan fingerprint density at radius 1 is 1.14 bits per heavy atom. The van der Waals surface area contributed by atoms with Gasteiger partial charge in [0.1, 0.15) is 9.88 Å². The number of rotatable bonds is 4. The summed E-state index contributed by atoms with van der Waals surface area (Å²) in [6.07, 6.45) is 4.69. The lowest BCUT2D eigenvalue weighted by Gasteiger charge is -2.31. The molecule has 0 radical (unpaired) electrons. The molecule has 1 aliphatic rings. The second-order valence-corrected chi connectivity index (χ2v) is 9.09. The summed E-state index contributed by atoms with van der Waals surface area (Å²) in [7, 11) is 0. The van der Waals surface area contributed by atoms with Gasteiger partial charge in [0.15, 0.2) is 5.75 Å². The number of hydrogen-bond donors (Lipinski definition) is 1. The van der Waals surface area contributed by atoms with Crippen molar-refractivity contribution in [2.75, 3.05) is 13.1 Å². The highest BCUT2D eigenvalue weighted by atomic mass is 35.5. The molecule has 1 fully saturated rings. The van der Waals surface area contributed by atoms with Crippen molar-refractivity contribution in [2.24, 2.45) is 5.92 Å². The first-order valence-electron chi connectivity index (χ1n) is 9.48. The molecule has 150 valence electrons. The van der Waals surface area contributed by atoms with Gasteiger partial charge >= 0.3 is 0 Å². The number of phenolic OH excluding ortho intramolecular Hbond substituents is 1. The van der Waals surface area contributed by atoms with E-state index in [-0.39, 0.29) is 21.7 Å². The summed E-state index contributed by atoms with van der Waals surface area (Å²) >= 11 is 13.3. The number of nitrogens with zero attached hydrogens (tertiary/aromatic N) is 2. The van der Waals surface area contributed by atoms with Gasteiger partial charge in [0.2, 0.25) is 0 Å². The summed E-state index contributed by atoms with van der Waals surface area (Å²) in [5.74, 6) is 0.478. The Morgan fingerprint density at radius 2 is 1.79 bits per heavy atom. The van der Waals surface area contributed by atoms with Gasteiger partial charge in [-0.15, -0.1) is 11.3 Å². The van der Waals surface area contributed by atoms with Crippen LogP contribution in [0.5, 0.6) is 5.75 Å². The number of aromatic nitrogens is 1. The molecule has 0 aliphatic carbocycles. The predicted molar refractivity (Wildman–Crippen MR) is 118 cm³/mol. The highest BCUT2D eigenvalue weighted by Crippen LogP contribution is 2.37. The Morgan fingerprint density at radius 3 is 2.45 bits per heavy atom. The number of carbonyl (C=O) groups is 1. The third-order valence-corrected chi connectivity index (χ3v) is 6.86. The summed E-state index contributed by atoms with van der Waals surface area (Å²) < 4.78 is 0. The minimum absolute atomic E-state index is 0.0166. The van der Waals surface area contributed by atoms with E-state index < -0.39 is 0 Å². The fourth-order valence-electron chi connectivity index (χ4n) is 3.64. The van der Waals surface area contributed by atoms with Crippen molar-refractivity contribution in [2.45, 2.75) is 19.3 Å². The van der Waals surface area contributed by atoms with Crippen molar-refractivity contribution in [1.29, 1.82) is 0 Å². The fourth-order valence-corrected chi connectivity index (χ4v) is 5.00. The van der Waals surface area contributed by atoms with Gasteiger partial charge in [-0.3, -0.25) is 4.79 Å². The lowest BCUT2D eigenvalue weighted by Crippen LogP contribution is -2.38. The van der Waals surface area contributed by atoms with Crippen LogP contribution in [0.2, 0.25) is 10.0 Å². The van der Waals surface area contributed by atoms with Crippen molar-refractivity contribution in [3.63, 3.8) is 0 Å². The van der Waals surface area contributed by atoms with Crippen LogP contribution in [0.15, 0.2) is 48.7 Å². The number of amides is 1. The lowest BCUT2D eigenvalue weighted by atomic mass is 9.90. The van der Waals surface area contributed by atoms with E-state index in [1.807, 2.05) is 11.0 Å². The number of hydrogen-bond acceptors (Lipinski definition) is 4. The number of thiazole rings is 1. The van der Waals surface area contributed by atoms with Crippen molar-refractivity contribution in [3.05, 3.63) is 69.1 Å². The normalized spacial score (nSPS) is 14.9. The van der Waals surface area contributed by atoms with Crippen LogP contribution < -0.4 is 0 Å². The summed E-state index contributed by atoms with van der Waals surface area (Å²) in [6, 6.07) is 13.7. The van der Waals surface area contributed by atoms with E-state index in [1.54, 1.807) is 18.3 Å². The second-order valence-electron chi connectivity index (χ2n) is 7.24. The van der Waals surface area contributed by atoms with E-state index >= 15 is 0 Å². The van der Waals surface area contributed by atoms with E-state index in [2.05, 4.69) is 29.2 Å². The van der Waals surface area contributed by atoms with E-state index in [1.165, 1.54) is 16.9 Å². The zero-order valence-electron chi connectivity index (χ0n) is 15.6. The Balaban J connectivity index is 1.40. The van der Waals surface area contributed by atoms with Gasteiger partial charge in [-0.1, -0.05) is 53.5 Å². The average molecular weight is 447 g/mol. The molecule has 0 atom stereocenters. The minimum Gasteiger partial charge on any atom is -0.505 e. The minimum atomic E-state index is -0.150. The highest BCUT2D eigenvalue weighted by molar-refractivity contribution is 7.16. The monoisotopic (exact) mass is 446 g/mol. The number of piperidine rings is 1. The lowest BCUT2D eigenvalue weighted by molar-refractivity contribution is 0.0695. The van der Waals surface area contributed by atoms with Crippen LogP contribution in [0.25, 0.3) is 10.6 Å². The molecular formula is C22H20Cl2N2O2S. The molecule has 1 aliphatic heterocycles. The molecule has 1 amide bonds. The first-order chi connectivity index (χ1) is 14.0. The molecule has 4 nitrogen and oxygen atoms in total. The highest BCUT2D eigenvalue weighted by Gasteiger charge is 2.25. The number of halogens is 2. The van der Waals surface area contributed by atoms with Crippen LogP contribution in [0.1, 0.15) is 28.1 Å². The van der Waals surface area contributed by atoms with Crippen LogP contribution >= 0.6 is 34.5 Å². The molecule has 3 aromatic rings. The Hall–Kier alpha value is -2.08. The Bertz CT molecular complexity index is 992. The number of carbonyl (C=O) groups excluding carboxylic acids is 1. The van der Waals surface area contributed by atoms with Gasteiger partial charge in [-0.2, -0.15) is 0 Å². The topological polar surface area (TPSA) is 53.4 Å². The van der Waals surface area contributed by atoms with Gasteiger partial charge < -0.3 is 10.0 Å². The molecule has 0 bridgehead atoms. The fraction of sp³-hybridized carbons (Fsp3) is 0.273. The third-order valence-electron chi connectivity index (χ3n) is 5.25. The van der Waals surface area contributed by atoms with Crippen LogP contribution in [-0.4, -0.2) is 34.0 Å². The van der Waals surface area contributed by atoms with Crippen LogP contribution in [0.3, 0.4) is 0 Å². The number of likely N-dealkylation sites (tertiary alicyclic amines) is 1. The quantitative estimate of drug-likeness (QED) is 0.541. The van der Waals surface area contributed by atoms with E-state index in [0.717, 1.165) is 32.4 Å². The largest absolute Gasteiger partial charge is 0.505 e. The van der Waals surface area contributed by atoms with Crippen molar-refractivity contribution in [1.82, 2.24) is 9.88 Å². The maximum Gasteiger partial charge on any atom is 0.265 e. The zero-order chi connectivity index (χ0) is 20.4. The maximum absolute atomic E-state index is 12.9. The van der Waals surface area contributed by atoms with Gasteiger partial charge in [0.05, 0.1) is 16.2 Å². The number of phenols is 1. The standard InChI is InChI=1S/C22H20Cl2N2O2S/c23-17-11-16(12-18(24)20(17)27)21-25-13-19(29-21)22(28)26-8-6-15(7-9-26)10-14-4-2-1-3-5-14/h1-5,11-13,15,27H,6-10H2. The maximum atomic E-state index is 12.9. The van der Waals surface area contributed by atoms with Gasteiger partial charge in [-0.25, -0.2) is 4.98 Å². The van der Waals surface area contributed by atoms with E-state index in [0.29, 0.717) is 21.4 Å². The van der Waals surface area contributed by atoms with Crippen LogP contribution in [0, 0.1) is 5.92 Å². The number of benzene rings is 2. The van der Waals surface area contributed by atoms with Gasteiger partial charge in [0, 0.05) is 18.7 Å². The summed E-state index contributed by atoms with van der Waals surface area (Å²) in [5, 5.41) is 10.7. The Kier molecular flexibility index (Phi) is 6.09. The van der Waals surface area contributed by atoms with E-state index in [9.17, 15) is 9.90 Å². The number of aromatic hydroxyl groups is 1. The molecule has 4 rings (SSSR count). The summed E-state index contributed by atoms with van der Waals surface area (Å²) in [5.41, 5.74) is 2.04. The summed E-state index contributed by atoms with van der Waals surface area (Å²) in [4.78, 5) is 19.8. The first kappa shape index (κ1) is 20.2. The predicted octanol–water partition coefficient (Wildman–Crippen LogP) is 5.92. The Labute approximate surface area is 183 Å². The second kappa shape index (κ2) is 8.74. The molecule has 1 saturated heterocycles. The molecule has 2 aromatic carbocycles. The van der Waals surface area contributed by atoms with Gasteiger partial charge in [0.25, 0.3) is 5.91 Å². The molecule has 2 heterocycles. The SMILES string of the molecule is O=C(c1cnc(-c2cc(Cl)c(O)c(Cl)c2)s1)N1CCC(Cc2ccccc2)CC1. The van der Waals surface area contributed by atoms with Crippen LogP contribution in [0.4, 0.5) is 0 Å². The zero-order valence-corrected chi connectivity index (χ0v) is 18.0. The molecule has 0 saturated carbocycles. The summed E-state index contributed by atoms with van der Waals surface area (Å²) in [6.45, 7) is 1.53.